The zero-order valence-corrected chi connectivity index (χ0v) is 18.8. The second-order valence-corrected chi connectivity index (χ2v) is 9.88. The highest BCUT2D eigenvalue weighted by molar-refractivity contribution is 7.93. The van der Waals surface area contributed by atoms with E-state index in [0.717, 1.165) is 22.4 Å². The number of pyridine rings is 1. The molecule has 170 valence electrons. The first-order chi connectivity index (χ1) is 15.9. The van der Waals surface area contributed by atoms with E-state index in [-0.39, 0.29) is 12.4 Å². The lowest BCUT2D eigenvalue weighted by molar-refractivity contribution is 0.299. The number of rotatable bonds is 6. The summed E-state index contributed by atoms with van der Waals surface area (Å²) < 4.78 is 28.2. The van der Waals surface area contributed by atoms with Gasteiger partial charge in [-0.25, -0.2) is 18.4 Å². The van der Waals surface area contributed by atoms with Crippen molar-refractivity contribution < 1.29 is 13.5 Å². The molecule has 0 saturated carbocycles. The van der Waals surface area contributed by atoms with Crippen molar-refractivity contribution in [2.45, 2.75) is 19.8 Å². The Hall–Kier alpha value is -3.57. The van der Waals surface area contributed by atoms with E-state index in [4.69, 9.17) is 0 Å². The summed E-state index contributed by atoms with van der Waals surface area (Å²) in [4.78, 5) is 9.19. The summed E-state index contributed by atoms with van der Waals surface area (Å²) in [5.41, 5.74) is 3.93. The smallest absolute Gasteiger partial charge is 0.236 e. The SMILES string of the molecule is Cc1ccc(Nc2ccc3c(c2)ncn3-c2ccc(CCO)c(N3CCCS3(=O)=O)n2)nn1. The maximum atomic E-state index is 12.5. The van der Waals surface area contributed by atoms with Crippen LogP contribution >= 0.6 is 0 Å². The van der Waals surface area contributed by atoms with E-state index in [0.29, 0.717) is 42.4 Å². The van der Waals surface area contributed by atoms with Crippen molar-refractivity contribution in [2.75, 3.05) is 28.5 Å². The fourth-order valence-electron chi connectivity index (χ4n) is 3.90. The first kappa shape index (κ1) is 21.3. The fourth-order valence-corrected chi connectivity index (χ4v) is 5.44. The molecular formula is C22H23N7O3S. The van der Waals surface area contributed by atoms with Crippen molar-refractivity contribution in [1.82, 2.24) is 24.7 Å². The summed E-state index contributed by atoms with van der Waals surface area (Å²) in [6, 6.07) is 13.1. The molecule has 5 rings (SSSR count). The topological polar surface area (TPSA) is 126 Å². The Bertz CT molecular complexity index is 1420. The summed E-state index contributed by atoms with van der Waals surface area (Å²) in [6.07, 6.45) is 2.55. The van der Waals surface area contributed by atoms with Gasteiger partial charge in [0.2, 0.25) is 10.0 Å². The summed E-state index contributed by atoms with van der Waals surface area (Å²) >= 11 is 0. The molecule has 10 nitrogen and oxygen atoms in total. The second kappa shape index (κ2) is 8.41. The fraction of sp³-hybridized carbons (Fsp3) is 0.273. The van der Waals surface area contributed by atoms with Gasteiger partial charge in [-0.05, 0) is 61.7 Å². The molecule has 1 aliphatic heterocycles. The Balaban J connectivity index is 1.51. The third-order valence-electron chi connectivity index (χ3n) is 5.52. The van der Waals surface area contributed by atoms with Crippen molar-refractivity contribution in [3.63, 3.8) is 0 Å². The zero-order valence-electron chi connectivity index (χ0n) is 18.0. The van der Waals surface area contributed by atoms with Crippen LogP contribution in [-0.4, -0.2) is 57.2 Å². The van der Waals surface area contributed by atoms with Crippen LogP contribution in [0.3, 0.4) is 0 Å². The molecule has 11 heteroatoms. The predicted molar refractivity (Wildman–Crippen MR) is 125 cm³/mol. The van der Waals surface area contributed by atoms with Gasteiger partial charge in [0, 0.05) is 18.8 Å². The van der Waals surface area contributed by atoms with Crippen LogP contribution in [0.15, 0.2) is 48.8 Å². The Morgan fingerprint density at radius 1 is 1.12 bits per heavy atom. The third kappa shape index (κ3) is 4.12. The number of hydrogen-bond acceptors (Lipinski definition) is 8. The average Bonchev–Trinajstić information content (AvgIpc) is 3.38. The highest BCUT2D eigenvalue weighted by Gasteiger charge is 2.31. The monoisotopic (exact) mass is 465 g/mol. The molecule has 0 aliphatic carbocycles. The van der Waals surface area contributed by atoms with Crippen LogP contribution in [0.25, 0.3) is 16.9 Å². The van der Waals surface area contributed by atoms with Gasteiger partial charge < -0.3 is 10.4 Å². The van der Waals surface area contributed by atoms with Crippen LogP contribution in [-0.2, 0) is 16.4 Å². The minimum Gasteiger partial charge on any atom is -0.396 e. The standard InChI is InChI=1S/C22H23N7O3S/c1-15-3-7-20(27-26-15)24-17-5-6-19-18(13-17)23-14-28(19)21-8-4-16(9-11-30)22(25-21)29-10-2-12-33(29,31)32/h3-8,13-14,30H,2,9-12H2,1H3,(H,24,27). The number of aryl methyl sites for hydroxylation is 1. The van der Waals surface area contributed by atoms with E-state index in [1.807, 2.05) is 54.0 Å². The Kier molecular flexibility index (Phi) is 5.43. The molecule has 1 aromatic carbocycles. The highest BCUT2D eigenvalue weighted by atomic mass is 32.2. The summed E-state index contributed by atoms with van der Waals surface area (Å²) in [5.74, 6) is 1.67. The average molecular weight is 466 g/mol. The van der Waals surface area contributed by atoms with Gasteiger partial charge in [-0.3, -0.25) is 8.87 Å². The number of nitrogens with one attached hydrogen (secondary N) is 1. The van der Waals surface area contributed by atoms with E-state index in [2.05, 4.69) is 25.5 Å². The van der Waals surface area contributed by atoms with Crippen LogP contribution in [0.5, 0.6) is 0 Å². The molecular weight excluding hydrogens is 442 g/mol. The van der Waals surface area contributed by atoms with E-state index >= 15 is 0 Å². The predicted octanol–water partition coefficient (Wildman–Crippen LogP) is 2.34. The van der Waals surface area contributed by atoms with Crippen LogP contribution in [0.2, 0.25) is 0 Å². The number of benzene rings is 1. The first-order valence-electron chi connectivity index (χ1n) is 10.6. The molecule has 0 radical (unpaired) electrons. The quantitative estimate of drug-likeness (QED) is 0.444. The van der Waals surface area contributed by atoms with E-state index in [1.165, 1.54) is 4.31 Å². The molecule has 3 aromatic heterocycles. The van der Waals surface area contributed by atoms with Crippen molar-refractivity contribution in [1.29, 1.82) is 0 Å². The molecule has 4 aromatic rings. The number of sulfonamides is 1. The number of fused-ring (bicyclic) bond motifs is 1. The van der Waals surface area contributed by atoms with Gasteiger partial charge >= 0.3 is 0 Å². The number of anilines is 3. The lowest BCUT2D eigenvalue weighted by atomic mass is 10.2. The van der Waals surface area contributed by atoms with Crippen molar-refractivity contribution >= 4 is 38.4 Å². The molecule has 0 unspecified atom stereocenters. The van der Waals surface area contributed by atoms with E-state index < -0.39 is 10.0 Å². The Morgan fingerprint density at radius 2 is 2.00 bits per heavy atom. The lowest BCUT2D eigenvalue weighted by Crippen LogP contribution is -2.27. The van der Waals surface area contributed by atoms with Gasteiger partial charge in [0.1, 0.15) is 18.0 Å². The van der Waals surface area contributed by atoms with E-state index in [9.17, 15) is 13.5 Å². The molecule has 33 heavy (non-hydrogen) atoms. The number of aliphatic hydroxyl groups excluding tert-OH is 1. The van der Waals surface area contributed by atoms with Crippen LogP contribution in [0.4, 0.5) is 17.3 Å². The van der Waals surface area contributed by atoms with Gasteiger partial charge in [-0.1, -0.05) is 6.07 Å². The maximum Gasteiger partial charge on any atom is 0.236 e. The van der Waals surface area contributed by atoms with Gasteiger partial charge in [0.15, 0.2) is 5.82 Å². The number of imidazole rings is 1. The number of nitrogens with zero attached hydrogens (tertiary/aromatic N) is 6. The van der Waals surface area contributed by atoms with Gasteiger partial charge in [0.05, 0.1) is 22.5 Å². The normalized spacial score (nSPS) is 15.3. The van der Waals surface area contributed by atoms with Gasteiger partial charge in [-0.15, -0.1) is 5.10 Å². The van der Waals surface area contributed by atoms with E-state index in [1.54, 1.807) is 6.33 Å². The summed E-state index contributed by atoms with van der Waals surface area (Å²) in [7, 11) is -3.40. The first-order valence-corrected chi connectivity index (χ1v) is 12.2. The third-order valence-corrected chi connectivity index (χ3v) is 7.35. The maximum absolute atomic E-state index is 12.5. The second-order valence-electron chi connectivity index (χ2n) is 7.87. The van der Waals surface area contributed by atoms with Crippen molar-refractivity contribution in [3.8, 4) is 5.82 Å². The van der Waals surface area contributed by atoms with Gasteiger partial charge in [-0.2, -0.15) is 5.10 Å². The molecule has 0 spiro atoms. The van der Waals surface area contributed by atoms with Gasteiger partial charge in [0.25, 0.3) is 0 Å². The lowest BCUT2D eigenvalue weighted by Gasteiger charge is -2.20. The minimum absolute atomic E-state index is 0.0863. The number of aliphatic hydroxyl groups is 1. The molecule has 1 aliphatic rings. The van der Waals surface area contributed by atoms with Crippen LogP contribution in [0, 0.1) is 6.92 Å². The van der Waals surface area contributed by atoms with Crippen molar-refractivity contribution in [3.05, 3.63) is 60.0 Å². The van der Waals surface area contributed by atoms with Crippen LogP contribution < -0.4 is 9.62 Å². The molecule has 0 bridgehead atoms. The van der Waals surface area contributed by atoms with Crippen molar-refractivity contribution in [2.24, 2.45) is 0 Å². The molecule has 1 fully saturated rings. The number of hydrogen-bond donors (Lipinski definition) is 2. The minimum atomic E-state index is -3.40. The van der Waals surface area contributed by atoms with Crippen LogP contribution in [0.1, 0.15) is 17.7 Å². The molecule has 0 amide bonds. The zero-order chi connectivity index (χ0) is 23.0. The molecule has 2 N–H and O–H groups in total. The largest absolute Gasteiger partial charge is 0.396 e. The summed E-state index contributed by atoms with van der Waals surface area (Å²) in [6.45, 7) is 2.18. The molecule has 1 saturated heterocycles. The molecule has 0 atom stereocenters. The Morgan fingerprint density at radius 3 is 2.73 bits per heavy atom. The highest BCUT2D eigenvalue weighted by Crippen LogP contribution is 2.29. The Labute approximate surface area is 191 Å². The summed E-state index contributed by atoms with van der Waals surface area (Å²) in [5, 5.41) is 20.8. The number of aromatic nitrogens is 5. The molecule has 4 heterocycles.